The molecule has 2 unspecified atom stereocenters. The molecule has 0 spiro atoms. The van der Waals surface area contributed by atoms with E-state index < -0.39 is 6.10 Å². The molecule has 0 aromatic heterocycles. The standard InChI is InChI=1S/C20H27N3O.HI/c1-3-21-20(23-16(2)18-12-8-5-9-13-18)22-15-19(24)14-17-10-6-4-7-11-17;/h4-13,16,19,24H,3,14-15H2,1-2H3,(H2,21,22,23);1H. The average molecular weight is 453 g/mol. The van der Waals surface area contributed by atoms with E-state index in [0.717, 1.165) is 18.1 Å². The van der Waals surface area contributed by atoms with E-state index in [9.17, 15) is 5.11 Å². The fourth-order valence-corrected chi connectivity index (χ4v) is 2.50. The number of nitrogens with zero attached hydrogens (tertiary/aromatic N) is 1. The number of benzene rings is 2. The highest BCUT2D eigenvalue weighted by molar-refractivity contribution is 14.0. The maximum absolute atomic E-state index is 10.2. The fourth-order valence-electron chi connectivity index (χ4n) is 2.50. The zero-order chi connectivity index (χ0) is 17.2. The Balaban J connectivity index is 0.00000312. The van der Waals surface area contributed by atoms with Crippen molar-refractivity contribution in [3.05, 3.63) is 71.8 Å². The Morgan fingerprint density at radius 3 is 2.24 bits per heavy atom. The third-order valence-corrected chi connectivity index (χ3v) is 3.77. The Morgan fingerprint density at radius 2 is 1.64 bits per heavy atom. The maximum atomic E-state index is 10.2. The molecule has 0 radical (unpaired) electrons. The first-order chi connectivity index (χ1) is 11.7. The summed E-state index contributed by atoms with van der Waals surface area (Å²) in [6.07, 6.45) is 0.118. The number of aliphatic imine (C=N–C) groups is 1. The molecule has 0 heterocycles. The van der Waals surface area contributed by atoms with Crippen LogP contribution in [0.5, 0.6) is 0 Å². The van der Waals surface area contributed by atoms with Crippen molar-refractivity contribution in [3.8, 4) is 0 Å². The van der Waals surface area contributed by atoms with Gasteiger partial charge in [0.05, 0.1) is 18.7 Å². The first-order valence-electron chi connectivity index (χ1n) is 8.50. The SMILES string of the molecule is CCNC(=NCC(O)Cc1ccccc1)NC(C)c1ccccc1.I. The van der Waals surface area contributed by atoms with Crippen LogP contribution in [0.2, 0.25) is 0 Å². The van der Waals surface area contributed by atoms with Crippen LogP contribution in [-0.2, 0) is 6.42 Å². The van der Waals surface area contributed by atoms with Crippen molar-refractivity contribution in [2.45, 2.75) is 32.4 Å². The van der Waals surface area contributed by atoms with E-state index in [1.54, 1.807) is 0 Å². The average Bonchev–Trinajstić information content (AvgIpc) is 2.61. The molecule has 0 aliphatic heterocycles. The van der Waals surface area contributed by atoms with Crippen LogP contribution in [0.15, 0.2) is 65.7 Å². The topological polar surface area (TPSA) is 56.7 Å². The molecule has 0 amide bonds. The minimum absolute atomic E-state index is 0. The lowest BCUT2D eigenvalue weighted by Gasteiger charge is -2.18. The Labute approximate surface area is 167 Å². The van der Waals surface area contributed by atoms with E-state index in [-0.39, 0.29) is 30.0 Å². The van der Waals surface area contributed by atoms with Crippen LogP contribution < -0.4 is 10.6 Å². The molecule has 2 aromatic rings. The third kappa shape index (κ3) is 7.88. The second-order valence-corrected chi connectivity index (χ2v) is 5.84. The van der Waals surface area contributed by atoms with Crippen LogP contribution in [0.1, 0.15) is 31.0 Å². The van der Waals surface area contributed by atoms with Crippen molar-refractivity contribution < 1.29 is 5.11 Å². The summed E-state index contributed by atoms with van der Waals surface area (Å²) >= 11 is 0. The minimum atomic E-state index is -0.491. The largest absolute Gasteiger partial charge is 0.391 e. The van der Waals surface area contributed by atoms with Crippen LogP contribution in [0.4, 0.5) is 0 Å². The van der Waals surface area contributed by atoms with Gasteiger partial charge in [-0.2, -0.15) is 0 Å². The molecule has 2 aromatic carbocycles. The molecule has 2 rings (SSSR count). The van der Waals surface area contributed by atoms with Crippen LogP contribution >= 0.6 is 24.0 Å². The van der Waals surface area contributed by atoms with E-state index in [4.69, 9.17) is 0 Å². The number of hydrogen-bond acceptors (Lipinski definition) is 2. The molecule has 25 heavy (non-hydrogen) atoms. The van der Waals surface area contributed by atoms with Crippen LogP contribution in [-0.4, -0.2) is 30.3 Å². The molecule has 3 N–H and O–H groups in total. The van der Waals surface area contributed by atoms with Gasteiger partial charge in [-0.1, -0.05) is 60.7 Å². The Hall–Kier alpha value is -1.60. The van der Waals surface area contributed by atoms with Crippen molar-refractivity contribution in [3.63, 3.8) is 0 Å². The number of halogens is 1. The van der Waals surface area contributed by atoms with Gasteiger partial charge in [-0.3, -0.25) is 4.99 Å². The highest BCUT2D eigenvalue weighted by Gasteiger charge is 2.09. The molecule has 4 nitrogen and oxygen atoms in total. The van der Waals surface area contributed by atoms with Gasteiger partial charge >= 0.3 is 0 Å². The van der Waals surface area contributed by atoms with Gasteiger partial charge < -0.3 is 15.7 Å². The highest BCUT2D eigenvalue weighted by atomic mass is 127. The monoisotopic (exact) mass is 453 g/mol. The second-order valence-electron chi connectivity index (χ2n) is 5.84. The number of hydrogen-bond donors (Lipinski definition) is 3. The molecule has 0 saturated heterocycles. The van der Waals surface area contributed by atoms with E-state index in [2.05, 4.69) is 34.7 Å². The van der Waals surface area contributed by atoms with Crippen molar-refractivity contribution >= 4 is 29.9 Å². The molecule has 0 aliphatic rings. The van der Waals surface area contributed by atoms with Gasteiger partial charge in [0.2, 0.25) is 0 Å². The summed E-state index contributed by atoms with van der Waals surface area (Å²) < 4.78 is 0. The first-order valence-corrected chi connectivity index (χ1v) is 8.50. The summed E-state index contributed by atoms with van der Waals surface area (Å²) in [5, 5.41) is 16.8. The zero-order valence-electron chi connectivity index (χ0n) is 14.9. The molecular weight excluding hydrogens is 425 g/mol. The maximum Gasteiger partial charge on any atom is 0.191 e. The summed E-state index contributed by atoms with van der Waals surface area (Å²) in [6, 6.07) is 20.4. The Bertz CT molecular complexity index is 619. The number of rotatable bonds is 7. The first kappa shape index (κ1) is 21.4. The van der Waals surface area contributed by atoms with Gasteiger partial charge in [0.15, 0.2) is 5.96 Å². The van der Waals surface area contributed by atoms with Gasteiger partial charge in [-0.15, -0.1) is 24.0 Å². The van der Waals surface area contributed by atoms with Gasteiger partial charge in [-0.05, 0) is 25.0 Å². The normalized spacial score (nSPS) is 13.5. The fraction of sp³-hybridized carbons (Fsp3) is 0.350. The van der Waals surface area contributed by atoms with E-state index >= 15 is 0 Å². The van der Waals surface area contributed by atoms with Crippen molar-refractivity contribution in [2.24, 2.45) is 4.99 Å². The zero-order valence-corrected chi connectivity index (χ0v) is 17.2. The Kier molecular flexibility index (Phi) is 10.2. The lowest BCUT2D eigenvalue weighted by atomic mass is 10.1. The van der Waals surface area contributed by atoms with Gasteiger partial charge in [0, 0.05) is 13.0 Å². The Morgan fingerprint density at radius 1 is 1.04 bits per heavy atom. The molecule has 0 fully saturated rings. The van der Waals surface area contributed by atoms with E-state index in [1.807, 2.05) is 55.5 Å². The number of aliphatic hydroxyl groups excluding tert-OH is 1. The van der Waals surface area contributed by atoms with Crippen molar-refractivity contribution in [2.75, 3.05) is 13.1 Å². The van der Waals surface area contributed by atoms with Gasteiger partial charge in [0.25, 0.3) is 0 Å². The lowest BCUT2D eigenvalue weighted by Crippen LogP contribution is -2.39. The van der Waals surface area contributed by atoms with E-state index in [1.165, 1.54) is 5.56 Å². The summed E-state index contributed by atoms with van der Waals surface area (Å²) in [6.45, 7) is 5.28. The molecule has 136 valence electrons. The van der Waals surface area contributed by atoms with Gasteiger partial charge in [0.1, 0.15) is 0 Å². The highest BCUT2D eigenvalue weighted by Crippen LogP contribution is 2.10. The smallest absolute Gasteiger partial charge is 0.191 e. The van der Waals surface area contributed by atoms with Crippen LogP contribution in [0, 0.1) is 0 Å². The molecule has 0 bridgehead atoms. The number of aliphatic hydroxyl groups is 1. The number of nitrogens with one attached hydrogen (secondary N) is 2. The van der Waals surface area contributed by atoms with Crippen molar-refractivity contribution in [1.29, 1.82) is 0 Å². The quantitative estimate of drug-likeness (QED) is 0.342. The summed E-state index contributed by atoms with van der Waals surface area (Å²) in [5.41, 5.74) is 2.32. The van der Waals surface area contributed by atoms with Crippen LogP contribution in [0.3, 0.4) is 0 Å². The van der Waals surface area contributed by atoms with Crippen molar-refractivity contribution in [1.82, 2.24) is 10.6 Å². The summed E-state index contributed by atoms with van der Waals surface area (Å²) in [4.78, 5) is 4.52. The second kappa shape index (κ2) is 11.9. The summed E-state index contributed by atoms with van der Waals surface area (Å²) in [5.74, 6) is 0.723. The van der Waals surface area contributed by atoms with Gasteiger partial charge in [-0.25, -0.2) is 0 Å². The molecule has 5 heteroatoms. The molecule has 0 aliphatic carbocycles. The number of guanidine groups is 1. The minimum Gasteiger partial charge on any atom is -0.391 e. The summed E-state index contributed by atoms with van der Waals surface area (Å²) in [7, 11) is 0. The van der Waals surface area contributed by atoms with E-state index in [0.29, 0.717) is 13.0 Å². The lowest BCUT2D eigenvalue weighted by molar-refractivity contribution is 0.183. The van der Waals surface area contributed by atoms with Crippen LogP contribution in [0.25, 0.3) is 0 Å². The molecular formula is C20H28IN3O. The predicted octanol–water partition coefficient (Wildman–Crippen LogP) is 3.52. The molecule has 0 saturated carbocycles. The molecule has 2 atom stereocenters. The third-order valence-electron chi connectivity index (χ3n) is 3.77. The predicted molar refractivity (Wildman–Crippen MR) is 116 cm³/mol.